The highest BCUT2D eigenvalue weighted by Crippen LogP contribution is 2.35. The molecule has 0 saturated heterocycles. The van der Waals surface area contributed by atoms with Crippen LogP contribution < -0.4 is 10.6 Å². The molecule has 1 saturated carbocycles. The van der Waals surface area contributed by atoms with Crippen LogP contribution in [0, 0.1) is 6.92 Å². The fraction of sp³-hybridized carbons (Fsp3) is 0.647. The fourth-order valence-electron chi connectivity index (χ4n) is 3.56. The van der Waals surface area contributed by atoms with E-state index in [1.165, 1.54) is 49.8 Å². The van der Waals surface area contributed by atoms with Gasteiger partial charge in [0.2, 0.25) is 0 Å². The molecule has 19 heavy (non-hydrogen) atoms. The highest BCUT2D eigenvalue weighted by Gasteiger charge is 2.35. The topological polar surface area (TPSA) is 29.3 Å². The minimum atomic E-state index is 0.180. The average Bonchev–Trinajstić information content (AvgIpc) is 2.66. The minimum absolute atomic E-state index is 0.180. The normalized spacial score (nSPS) is 18.9. The van der Waals surface area contributed by atoms with Gasteiger partial charge in [-0.25, -0.2) is 0 Å². The van der Waals surface area contributed by atoms with Gasteiger partial charge in [0.25, 0.3) is 0 Å². The summed E-state index contributed by atoms with van der Waals surface area (Å²) in [4.78, 5) is 2.56. The first-order chi connectivity index (χ1) is 9.22. The Morgan fingerprint density at radius 3 is 2.37 bits per heavy atom. The van der Waals surface area contributed by atoms with Crippen LogP contribution >= 0.6 is 0 Å². The molecule has 2 N–H and O–H groups in total. The van der Waals surface area contributed by atoms with Crippen molar-refractivity contribution in [3.63, 3.8) is 0 Å². The number of nitrogens with zero attached hydrogens (tertiary/aromatic N) is 1. The molecule has 1 aliphatic carbocycles. The van der Waals surface area contributed by atoms with E-state index in [0.29, 0.717) is 0 Å². The molecule has 0 radical (unpaired) electrons. The molecular formula is C17H28N2. The lowest BCUT2D eigenvalue weighted by Gasteiger charge is -2.44. The van der Waals surface area contributed by atoms with E-state index in [-0.39, 0.29) is 5.54 Å². The molecule has 0 amide bonds. The Bertz CT molecular complexity index is 392. The van der Waals surface area contributed by atoms with Crippen molar-refractivity contribution in [2.45, 2.75) is 57.9 Å². The van der Waals surface area contributed by atoms with Crippen LogP contribution in [0.25, 0.3) is 0 Å². The highest BCUT2D eigenvalue weighted by molar-refractivity contribution is 5.51. The maximum absolute atomic E-state index is 6.22. The molecule has 2 rings (SSSR count). The van der Waals surface area contributed by atoms with Crippen LogP contribution in [-0.4, -0.2) is 18.6 Å². The third-order valence-electron chi connectivity index (χ3n) is 4.62. The third kappa shape index (κ3) is 3.11. The summed E-state index contributed by atoms with van der Waals surface area (Å²) in [6.07, 6.45) is 7.86. The number of anilines is 1. The van der Waals surface area contributed by atoms with Crippen molar-refractivity contribution in [2.75, 3.05) is 18.0 Å². The van der Waals surface area contributed by atoms with Crippen molar-refractivity contribution < 1.29 is 0 Å². The second kappa shape index (κ2) is 6.42. The zero-order valence-electron chi connectivity index (χ0n) is 12.5. The molecule has 0 spiro atoms. The molecule has 2 nitrogen and oxygen atoms in total. The van der Waals surface area contributed by atoms with Crippen molar-refractivity contribution in [3.05, 3.63) is 29.8 Å². The number of nitrogens with two attached hydrogens (primary N) is 1. The average molecular weight is 260 g/mol. The van der Waals surface area contributed by atoms with E-state index in [1.807, 2.05) is 0 Å². The second-order valence-corrected chi connectivity index (χ2v) is 5.93. The molecule has 1 aromatic carbocycles. The number of likely N-dealkylation sites (N-methyl/N-ethyl adjacent to an activating group) is 1. The van der Waals surface area contributed by atoms with Crippen molar-refractivity contribution >= 4 is 5.69 Å². The Morgan fingerprint density at radius 2 is 1.84 bits per heavy atom. The monoisotopic (exact) mass is 260 g/mol. The summed E-state index contributed by atoms with van der Waals surface area (Å²) in [7, 11) is 0. The van der Waals surface area contributed by atoms with Crippen LogP contribution in [-0.2, 0) is 0 Å². The Balaban J connectivity index is 2.32. The minimum Gasteiger partial charge on any atom is -0.365 e. The van der Waals surface area contributed by atoms with Gasteiger partial charge in [-0.2, -0.15) is 0 Å². The molecule has 1 fully saturated rings. The van der Waals surface area contributed by atoms with E-state index in [2.05, 4.69) is 43.0 Å². The first-order valence-electron chi connectivity index (χ1n) is 7.76. The van der Waals surface area contributed by atoms with Crippen LogP contribution in [0.4, 0.5) is 5.69 Å². The van der Waals surface area contributed by atoms with Crippen molar-refractivity contribution in [2.24, 2.45) is 5.73 Å². The van der Waals surface area contributed by atoms with Gasteiger partial charge in [0.1, 0.15) is 0 Å². The van der Waals surface area contributed by atoms with Gasteiger partial charge < -0.3 is 10.6 Å². The smallest absolute Gasteiger partial charge is 0.0524 e. The molecule has 0 bridgehead atoms. The Kier molecular flexibility index (Phi) is 4.87. The number of rotatable bonds is 4. The van der Waals surface area contributed by atoms with E-state index >= 15 is 0 Å². The van der Waals surface area contributed by atoms with Gasteiger partial charge in [0.15, 0.2) is 0 Å². The first-order valence-corrected chi connectivity index (χ1v) is 7.76. The molecule has 0 unspecified atom stereocenters. The van der Waals surface area contributed by atoms with E-state index in [4.69, 9.17) is 5.73 Å². The van der Waals surface area contributed by atoms with Gasteiger partial charge in [-0.15, -0.1) is 0 Å². The Morgan fingerprint density at radius 1 is 1.16 bits per heavy atom. The van der Waals surface area contributed by atoms with Gasteiger partial charge in [-0.3, -0.25) is 0 Å². The van der Waals surface area contributed by atoms with Gasteiger partial charge in [-0.05, 0) is 44.4 Å². The van der Waals surface area contributed by atoms with E-state index in [9.17, 15) is 0 Å². The van der Waals surface area contributed by atoms with E-state index in [1.54, 1.807) is 0 Å². The Labute approximate surface area is 118 Å². The van der Waals surface area contributed by atoms with Crippen molar-refractivity contribution in [3.8, 4) is 0 Å². The fourth-order valence-corrected chi connectivity index (χ4v) is 3.56. The zero-order chi connectivity index (χ0) is 13.7. The molecule has 0 aromatic heterocycles. The van der Waals surface area contributed by atoms with Crippen molar-refractivity contribution in [1.29, 1.82) is 0 Å². The maximum atomic E-state index is 6.22. The molecular weight excluding hydrogens is 232 g/mol. The molecule has 106 valence electrons. The molecule has 2 heteroatoms. The quantitative estimate of drug-likeness (QED) is 0.833. The molecule has 0 aliphatic heterocycles. The number of hydrogen-bond acceptors (Lipinski definition) is 2. The maximum Gasteiger partial charge on any atom is 0.0524 e. The SMILES string of the molecule is CCN(c1cccc(C)c1)C1(CN)CCCCCC1. The number of hydrogen-bond donors (Lipinski definition) is 1. The zero-order valence-corrected chi connectivity index (χ0v) is 12.5. The second-order valence-electron chi connectivity index (χ2n) is 5.93. The lowest BCUT2D eigenvalue weighted by atomic mass is 9.87. The summed E-state index contributed by atoms with van der Waals surface area (Å²) in [6.45, 7) is 6.24. The Hall–Kier alpha value is -1.02. The van der Waals surface area contributed by atoms with Gasteiger partial charge in [0, 0.05) is 18.8 Å². The van der Waals surface area contributed by atoms with Crippen LogP contribution in [0.15, 0.2) is 24.3 Å². The summed E-state index contributed by atoms with van der Waals surface area (Å²) in [6, 6.07) is 8.86. The van der Waals surface area contributed by atoms with Gasteiger partial charge in [-0.1, -0.05) is 37.8 Å². The number of aryl methyl sites for hydroxylation is 1. The standard InChI is InChI=1S/C17H28N2/c1-3-19(16-10-8-9-15(2)13-16)17(14-18)11-6-4-5-7-12-17/h8-10,13H,3-7,11-12,14,18H2,1-2H3. The van der Waals surface area contributed by atoms with Crippen LogP contribution in [0.1, 0.15) is 51.0 Å². The van der Waals surface area contributed by atoms with Crippen LogP contribution in [0.5, 0.6) is 0 Å². The van der Waals surface area contributed by atoms with Gasteiger partial charge >= 0.3 is 0 Å². The van der Waals surface area contributed by atoms with Gasteiger partial charge in [0.05, 0.1) is 5.54 Å². The molecule has 1 aromatic rings. The van der Waals surface area contributed by atoms with E-state index in [0.717, 1.165) is 13.1 Å². The third-order valence-corrected chi connectivity index (χ3v) is 4.62. The van der Waals surface area contributed by atoms with Crippen LogP contribution in [0.3, 0.4) is 0 Å². The van der Waals surface area contributed by atoms with Crippen molar-refractivity contribution in [1.82, 2.24) is 0 Å². The predicted molar refractivity (Wildman–Crippen MR) is 83.7 cm³/mol. The summed E-state index contributed by atoms with van der Waals surface area (Å²) in [5.41, 5.74) is 9.07. The van der Waals surface area contributed by atoms with Crippen LogP contribution in [0.2, 0.25) is 0 Å². The summed E-state index contributed by atoms with van der Waals surface area (Å²) in [5.74, 6) is 0. The summed E-state index contributed by atoms with van der Waals surface area (Å²) in [5, 5.41) is 0. The molecule has 0 atom stereocenters. The lowest BCUT2D eigenvalue weighted by Crippen LogP contribution is -2.54. The highest BCUT2D eigenvalue weighted by atomic mass is 15.2. The first kappa shape index (κ1) is 14.4. The summed E-state index contributed by atoms with van der Waals surface area (Å²) < 4.78 is 0. The summed E-state index contributed by atoms with van der Waals surface area (Å²) >= 11 is 0. The predicted octanol–water partition coefficient (Wildman–Crippen LogP) is 3.87. The van der Waals surface area contributed by atoms with E-state index < -0.39 is 0 Å². The molecule has 0 heterocycles. The molecule has 1 aliphatic rings. The largest absolute Gasteiger partial charge is 0.365 e. The lowest BCUT2D eigenvalue weighted by molar-refractivity contribution is 0.350. The number of benzene rings is 1.